The van der Waals surface area contributed by atoms with Crippen molar-refractivity contribution in [2.75, 3.05) is 6.61 Å². The summed E-state index contributed by atoms with van der Waals surface area (Å²) in [6.07, 6.45) is 2.63. The van der Waals surface area contributed by atoms with Gasteiger partial charge in [0.05, 0.1) is 6.21 Å². The highest BCUT2D eigenvalue weighted by Gasteiger charge is 2.01. The van der Waals surface area contributed by atoms with E-state index >= 15 is 0 Å². The van der Waals surface area contributed by atoms with Gasteiger partial charge in [-0.2, -0.15) is 4.89 Å². The Morgan fingerprint density at radius 3 is 3.25 bits per heavy atom. The fraction of sp³-hybridized carbons (Fsp3) is 0.250. The van der Waals surface area contributed by atoms with E-state index < -0.39 is 0 Å². The van der Waals surface area contributed by atoms with Crippen molar-refractivity contribution < 1.29 is 15.0 Å². The summed E-state index contributed by atoms with van der Waals surface area (Å²) in [5, 5.41) is 10.7. The van der Waals surface area contributed by atoms with Crippen LogP contribution in [0.25, 0.3) is 0 Å². The SMILES string of the molecule is ON=CC1=COOC1. The quantitative estimate of drug-likeness (QED) is 0.231. The molecule has 0 amide bonds. The zero-order valence-electron chi connectivity index (χ0n) is 4.07. The Hall–Kier alpha value is -1.03. The number of hydrogen-bond acceptors (Lipinski definition) is 4. The van der Waals surface area contributed by atoms with Gasteiger partial charge in [-0.3, -0.25) is 0 Å². The van der Waals surface area contributed by atoms with E-state index in [2.05, 4.69) is 14.9 Å². The molecular formula is C4H5NO3. The molecule has 0 saturated heterocycles. The fourth-order valence-electron chi connectivity index (χ4n) is 0.374. The van der Waals surface area contributed by atoms with Gasteiger partial charge in [-0.05, 0) is 0 Å². The van der Waals surface area contributed by atoms with Crippen LogP contribution in [0.15, 0.2) is 17.0 Å². The van der Waals surface area contributed by atoms with Crippen molar-refractivity contribution >= 4 is 6.21 Å². The van der Waals surface area contributed by atoms with Crippen molar-refractivity contribution in [1.29, 1.82) is 0 Å². The number of rotatable bonds is 1. The maximum absolute atomic E-state index is 7.94. The van der Waals surface area contributed by atoms with Gasteiger partial charge in [0.25, 0.3) is 0 Å². The first-order valence-corrected chi connectivity index (χ1v) is 2.08. The van der Waals surface area contributed by atoms with Gasteiger partial charge in [0, 0.05) is 5.57 Å². The minimum absolute atomic E-state index is 0.351. The molecule has 1 aliphatic rings. The van der Waals surface area contributed by atoms with Crippen LogP contribution in [0.2, 0.25) is 0 Å². The zero-order valence-corrected chi connectivity index (χ0v) is 4.07. The first kappa shape index (κ1) is 5.11. The first-order chi connectivity index (χ1) is 3.93. The summed E-state index contributed by atoms with van der Waals surface area (Å²) in [6, 6.07) is 0. The van der Waals surface area contributed by atoms with E-state index in [-0.39, 0.29) is 0 Å². The van der Waals surface area contributed by atoms with Gasteiger partial charge >= 0.3 is 0 Å². The van der Waals surface area contributed by atoms with E-state index in [1.54, 1.807) is 0 Å². The molecule has 0 aromatic rings. The van der Waals surface area contributed by atoms with Crippen molar-refractivity contribution in [3.63, 3.8) is 0 Å². The lowest BCUT2D eigenvalue weighted by Crippen LogP contribution is -1.86. The van der Waals surface area contributed by atoms with Crippen LogP contribution < -0.4 is 0 Å². The summed E-state index contributed by atoms with van der Waals surface area (Å²) < 4.78 is 0. The highest BCUT2D eigenvalue weighted by atomic mass is 17.2. The molecule has 0 saturated carbocycles. The van der Waals surface area contributed by atoms with Gasteiger partial charge in [0.1, 0.15) is 12.9 Å². The average Bonchev–Trinajstić information content (AvgIpc) is 2.19. The highest BCUT2D eigenvalue weighted by molar-refractivity contribution is 5.78. The minimum atomic E-state index is 0.351. The summed E-state index contributed by atoms with van der Waals surface area (Å²) in [7, 11) is 0. The van der Waals surface area contributed by atoms with E-state index in [4.69, 9.17) is 5.21 Å². The molecule has 0 spiro atoms. The Kier molecular flexibility index (Phi) is 1.48. The van der Waals surface area contributed by atoms with Gasteiger partial charge < -0.3 is 10.1 Å². The van der Waals surface area contributed by atoms with Gasteiger partial charge in [-0.1, -0.05) is 5.16 Å². The van der Waals surface area contributed by atoms with Gasteiger partial charge in [-0.25, -0.2) is 0 Å². The topological polar surface area (TPSA) is 51.1 Å². The Morgan fingerprint density at radius 1 is 1.88 bits per heavy atom. The molecule has 1 heterocycles. The summed E-state index contributed by atoms with van der Waals surface area (Å²) in [5.41, 5.74) is 0.715. The summed E-state index contributed by atoms with van der Waals surface area (Å²) >= 11 is 0. The molecule has 44 valence electrons. The lowest BCUT2D eigenvalue weighted by molar-refractivity contribution is -0.221. The van der Waals surface area contributed by atoms with E-state index in [1.165, 1.54) is 12.5 Å². The van der Waals surface area contributed by atoms with Crippen LogP contribution in [0, 0.1) is 0 Å². The monoisotopic (exact) mass is 115 g/mol. The predicted molar refractivity (Wildman–Crippen MR) is 25.4 cm³/mol. The standard InChI is InChI=1S/C4H5NO3/c6-5-1-4-2-7-8-3-4/h1-2,6H,3H2. The molecule has 0 aromatic heterocycles. The van der Waals surface area contributed by atoms with Gasteiger partial charge in [0.15, 0.2) is 0 Å². The maximum Gasteiger partial charge on any atom is 0.136 e. The van der Waals surface area contributed by atoms with E-state index in [9.17, 15) is 0 Å². The number of hydrogen-bond donors (Lipinski definition) is 1. The largest absolute Gasteiger partial charge is 0.411 e. The third kappa shape index (κ3) is 0.974. The molecule has 0 aromatic carbocycles. The van der Waals surface area contributed by atoms with Crippen LogP contribution in [0.4, 0.5) is 0 Å². The van der Waals surface area contributed by atoms with Crippen molar-refractivity contribution in [3.8, 4) is 0 Å². The lowest BCUT2D eigenvalue weighted by Gasteiger charge is -1.82. The predicted octanol–water partition coefficient (Wildman–Crippen LogP) is 0.292. The first-order valence-electron chi connectivity index (χ1n) is 2.08. The normalized spacial score (nSPS) is 18.8. The molecule has 0 bridgehead atoms. The van der Waals surface area contributed by atoms with Gasteiger partial charge in [-0.15, -0.1) is 0 Å². The lowest BCUT2D eigenvalue weighted by atomic mass is 10.4. The third-order valence-electron chi connectivity index (χ3n) is 0.717. The zero-order chi connectivity index (χ0) is 5.82. The molecule has 0 unspecified atom stereocenters. The second kappa shape index (κ2) is 2.32. The Bertz CT molecular complexity index is 129. The molecule has 8 heavy (non-hydrogen) atoms. The van der Waals surface area contributed by atoms with E-state index in [1.807, 2.05) is 0 Å². The van der Waals surface area contributed by atoms with Crippen molar-refractivity contribution in [1.82, 2.24) is 0 Å². The van der Waals surface area contributed by atoms with Crippen molar-refractivity contribution in [3.05, 3.63) is 11.8 Å². The molecule has 0 fully saturated rings. The molecular weight excluding hydrogens is 110 g/mol. The molecule has 4 nitrogen and oxygen atoms in total. The maximum atomic E-state index is 7.94. The second-order valence-electron chi connectivity index (χ2n) is 1.30. The molecule has 0 aliphatic carbocycles. The number of oxime groups is 1. The van der Waals surface area contributed by atoms with Crippen LogP contribution >= 0.6 is 0 Å². The van der Waals surface area contributed by atoms with Crippen LogP contribution in [0.5, 0.6) is 0 Å². The second-order valence-corrected chi connectivity index (χ2v) is 1.30. The molecule has 1 N–H and O–H groups in total. The molecule has 1 aliphatic heterocycles. The van der Waals surface area contributed by atoms with Crippen molar-refractivity contribution in [2.45, 2.75) is 0 Å². The van der Waals surface area contributed by atoms with E-state index in [0.29, 0.717) is 12.2 Å². The third-order valence-corrected chi connectivity index (χ3v) is 0.717. The van der Waals surface area contributed by atoms with Crippen LogP contribution in [-0.4, -0.2) is 18.0 Å². The molecule has 0 atom stereocenters. The van der Waals surface area contributed by atoms with E-state index in [0.717, 1.165) is 0 Å². The average molecular weight is 115 g/mol. The minimum Gasteiger partial charge on any atom is -0.411 e. The van der Waals surface area contributed by atoms with Crippen LogP contribution in [-0.2, 0) is 9.78 Å². The summed E-state index contributed by atoms with van der Waals surface area (Å²) in [5.74, 6) is 0. The summed E-state index contributed by atoms with van der Waals surface area (Å²) in [4.78, 5) is 8.76. The van der Waals surface area contributed by atoms with Crippen molar-refractivity contribution in [2.24, 2.45) is 5.16 Å². The highest BCUT2D eigenvalue weighted by Crippen LogP contribution is 2.01. The molecule has 4 heteroatoms. The fourth-order valence-corrected chi connectivity index (χ4v) is 0.374. The van der Waals surface area contributed by atoms with Gasteiger partial charge in [0.2, 0.25) is 0 Å². The molecule has 0 radical (unpaired) electrons. The molecule has 1 rings (SSSR count). The van der Waals surface area contributed by atoms with Crippen LogP contribution in [0.1, 0.15) is 0 Å². The Morgan fingerprint density at radius 2 is 2.75 bits per heavy atom. The summed E-state index contributed by atoms with van der Waals surface area (Å²) in [6.45, 7) is 0.351. The number of nitrogens with zero attached hydrogens (tertiary/aromatic N) is 1. The Balaban J connectivity index is 2.45. The Labute approximate surface area is 45.9 Å². The van der Waals surface area contributed by atoms with Crippen LogP contribution in [0.3, 0.4) is 0 Å². The smallest absolute Gasteiger partial charge is 0.136 e.